The van der Waals surface area contributed by atoms with E-state index in [1.807, 2.05) is 56.3 Å². The lowest BCUT2D eigenvalue weighted by Crippen LogP contribution is -2.12. The van der Waals surface area contributed by atoms with Gasteiger partial charge >= 0.3 is 5.63 Å². The van der Waals surface area contributed by atoms with Gasteiger partial charge in [0.05, 0.1) is 6.61 Å². The zero-order chi connectivity index (χ0) is 17.2. The lowest BCUT2D eigenvalue weighted by atomic mass is 10.1. The molecule has 0 saturated heterocycles. The van der Waals surface area contributed by atoms with Crippen LogP contribution in [0, 0.1) is 6.92 Å². The van der Waals surface area contributed by atoms with Gasteiger partial charge in [-0.3, -0.25) is 0 Å². The molecule has 0 amide bonds. The molecule has 0 N–H and O–H groups in total. The molecule has 24 heavy (non-hydrogen) atoms. The maximum atomic E-state index is 11.6. The first kappa shape index (κ1) is 16.9. The molecule has 0 bridgehead atoms. The van der Waals surface area contributed by atoms with Crippen LogP contribution < -0.4 is 15.5 Å². The molecule has 0 aliphatic rings. The Labute approximate surface area is 145 Å². The Morgan fingerprint density at radius 1 is 1.12 bits per heavy atom. The summed E-state index contributed by atoms with van der Waals surface area (Å²) in [6, 6.07) is 16.4. The van der Waals surface area contributed by atoms with Crippen LogP contribution in [0.1, 0.15) is 12.5 Å². The first-order valence-electron chi connectivity index (χ1n) is 7.56. The van der Waals surface area contributed by atoms with E-state index in [2.05, 4.69) is 0 Å². The van der Waals surface area contributed by atoms with Gasteiger partial charge in [-0.25, -0.2) is 4.79 Å². The van der Waals surface area contributed by atoms with Crippen molar-refractivity contribution in [2.45, 2.75) is 13.8 Å². The first-order chi connectivity index (χ1) is 11.5. The third-order valence-corrected chi connectivity index (χ3v) is 6.67. The van der Waals surface area contributed by atoms with Crippen molar-refractivity contribution < 1.29 is 13.5 Å². The van der Waals surface area contributed by atoms with Gasteiger partial charge in [0.1, 0.15) is 11.3 Å². The highest BCUT2D eigenvalue weighted by Crippen LogP contribution is 2.47. The van der Waals surface area contributed by atoms with Crippen molar-refractivity contribution in [3.8, 4) is 5.75 Å². The van der Waals surface area contributed by atoms with E-state index in [-0.39, 0.29) is 5.63 Å². The molecule has 1 unspecified atom stereocenters. The smallest absolute Gasteiger partial charge is 0.336 e. The van der Waals surface area contributed by atoms with Crippen molar-refractivity contribution >= 4 is 34.6 Å². The van der Waals surface area contributed by atoms with Crippen LogP contribution in [0.4, 0.5) is 0 Å². The van der Waals surface area contributed by atoms with E-state index in [1.165, 1.54) is 6.07 Å². The Kier molecular flexibility index (Phi) is 4.86. The van der Waals surface area contributed by atoms with E-state index in [0.717, 1.165) is 16.3 Å². The fraction of sp³-hybridized carbons (Fsp3) is 0.167. The number of hydrogen-bond donors (Lipinski definition) is 0. The average Bonchev–Trinajstić information content (AvgIpc) is 2.55. The molecule has 1 aromatic heterocycles. The number of hydrogen-bond acceptors (Lipinski definition) is 5. The van der Waals surface area contributed by atoms with E-state index < -0.39 is 6.49 Å². The predicted octanol–water partition coefficient (Wildman–Crippen LogP) is 4.15. The summed E-state index contributed by atoms with van der Waals surface area (Å²) in [7, 11) is 0. The first-order valence-corrected chi connectivity index (χ1v) is 10.2. The van der Waals surface area contributed by atoms with Crippen LogP contribution in [-0.4, -0.2) is 6.61 Å². The summed E-state index contributed by atoms with van der Waals surface area (Å²) >= 11 is 5.70. The van der Waals surface area contributed by atoms with Crippen LogP contribution in [-0.2, 0) is 16.3 Å². The molecular formula is C18H17O4PS. The van der Waals surface area contributed by atoms with Gasteiger partial charge < -0.3 is 13.5 Å². The zero-order valence-corrected chi connectivity index (χ0v) is 15.1. The van der Waals surface area contributed by atoms with E-state index in [4.69, 9.17) is 25.3 Å². The van der Waals surface area contributed by atoms with Gasteiger partial charge in [-0.2, -0.15) is 0 Å². The molecule has 1 atom stereocenters. The molecule has 0 spiro atoms. The number of benzene rings is 2. The quantitative estimate of drug-likeness (QED) is 0.505. The van der Waals surface area contributed by atoms with Crippen molar-refractivity contribution in [1.29, 1.82) is 0 Å². The summed E-state index contributed by atoms with van der Waals surface area (Å²) in [6.07, 6.45) is 0. The molecule has 124 valence electrons. The standard InChI is InChI=1S/C18H17O4PS/c1-3-20-23(24,15-7-5-4-6-8-15)22-14-9-10-16-13(2)11-18(19)21-17(16)12-14/h4-12H,3H2,1-2H3. The van der Waals surface area contributed by atoms with E-state index in [0.29, 0.717) is 17.9 Å². The van der Waals surface area contributed by atoms with Gasteiger partial charge in [-0.05, 0) is 55.5 Å². The lowest BCUT2D eigenvalue weighted by Gasteiger charge is -2.22. The van der Waals surface area contributed by atoms with Gasteiger partial charge in [0.25, 0.3) is 6.49 Å². The van der Waals surface area contributed by atoms with Crippen LogP contribution >= 0.6 is 6.49 Å². The summed E-state index contributed by atoms with van der Waals surface area (Å²) in [5.41, 5.74) is 0.952. The topological polar surface area (TPSA) is 48.7 Å². The van der Waals surface area contributed by atoms with Crippen LogP contribution in [0.2, 0.25) is 0 Å². The van der Waals surface area contributed by atoms with E-state index >= 15 is 0 Å². The molecule has 0 saturated carbocycles. The SMILES string of the molecule is CCOP(=S)(Oc1ccc2c(C)cc(=O)oc2c1)c1ccccc1. The number of aryl methyl sites for hydroxylation is 1. The zero-order valence-electron chi connectivity index (χ0n) is 13.4. The molecule has 0 aliphatic carbocycles. The number of rotatable bonds is 5. The minimum Gasteiger partial charge on any atom is -0.440 e. The molecular weight excluding hydrogens is 343 g/mol. The highest BCUT2D eigenvalue weighted by Gasteiger charge is 2.23. The van der Waals surface area contributed by atoms with E-state index in [1.54, 1.807) is 6.07 Å². The summed E-state index contributed by atoms with van der Waals surface area (Å²) < 4.78 is 17.1. The van der Waals surface area contributed by atoms with Crippen molar-refractivity contribution in [2.24, 2.45) is 0 Å². The lowest BCUT2D eigenvalue weighted by molar-refractivity contribution is 0.339. The molecule has 0 radical (unpaired) electrons. The fourth-order valence-corrected chi connectivity index (χ4v) is 4.95. The molecule has 2 aromatic carbocycles. The van der Waals surface area contributed by atoms with Crippen molar-refractivity contribution in [2.75, 3.05) is 6.61 Å². The molecule has 3 aromatic rings. The van der Waals surface area contributed by atoms with Gasteiger partial charge in [-0.15, -0.1) is 0 Å². The largest absolute Gasteiger partial charge is 0.440 e. The Morgan fingerprint density at radius 3 is 2.58 bits per heavy atom. The van der Waals surface area contributed by atoms with Gasteiger partial charge in [0, 0.05) is 22.8 Å². The third kappa shape index (κ3) is 3.44. The molecule has 0 fully saturated rings. The monoisotopic (exact) mass is 360 g/mol. The third-order valence-electron chi connectivity index (χ3n) is 3.52. The van der Waals surface area contributed by atoms with Crippen LogP contribution in [0.25, 0.3) is 11.0 Å². The highest BCUT2D eigenvalue weighted by atomic mass is 32.5. The summed E-state index contributed by atoms with van der Waals surface area (Å²) in [6.45, 7) is 1.52. The molecule has 3 rings (SSSR count). The molecule has 4 nitrogen and oxygen atoms in total. The van der Waals surface area contributed by atoms with Gasteiger partial charge in [0.15, 0.2) is 0 Å². The minimum atomic E-state index is -2.68. The second-order valence-corrected chi connectivity index (χ2v) is 8.64. The van der Waals surface area contributed by atoms with Crippen molar-refractivity contribution in [3.63, 3.8) is 0 Å². The predicted molar refractivity (Wildman–Crippen MR) is 99.8 cm³/mol. The Balaban J connectivity index is 2.03. The molecule has 0 aliphatic heterocycles. The Hall–Kier alpha value is -1.94. The Bertz CT molecular complexity index is 966. The second-order valence-electron chi connectivity index (χ2n) is 5.25. The average molecular weight is 360 g/mol. The van der Waals surface area contributed by atoms with Crippen LogP contribution in [0.3, 0.4) is 0 Å². The fourth-order valence-electron chi connectivity index (χ4n) is 2.43. The second kappa shape index (κ2) is 6.89. The van der Waals surface area contributed by atoms with E-state index in [9.17, 15) is 4.79 Å². The van der Waals surface area contributed by atoms with Crippen molar-refractivity contribution in [3.05, 3.63) is 70.6 Å². The van der Waals surface area contributed by atoms with Crippen LogP contribution in [0.15, 0.2) is 63.8 Å². The minimum absolute atomic E-state index is 0.385. The molecule has 6 heteroatoms. The summed E-state index contributed by atoms with van der Waals surface area (Å²) in [4.78, 5) is 11.6. The van der Waals surface area contributed by atoms with Crippen molar-refractivity contribution in [1.82, 2.24) is 0 Å². The van der Waals surface area contributed by atoms with Gasteiger partial charge in [-0.1, -0.05) is 18.2 Å². The summed E-state index contributed by atoms with van der Waals surface area (Å²) in [5.74, 6) is 0.525. The number of fused-ring (bicyclic) bond motifs is 1. The normalized spacial score (nSPS) is 13.6. The molecule has 1 heterocycles. The summed E-state index contributed by atoms with van der Waals surface area (Å²) in [5, 5.41) is 1.71. The van der Waals surface area contributed by atoms with Crippen LogP contribution in [0.5, 0.6) is 5.75 Å². The maximum absolute atomic E-state index is 11.6. The highest BCUT2D eigenvalue weighted by molar-refractivity contribution is 8.13. The van der Waals surface area contributed by atoms with Gasteiger partial charge in [0.2, 0.25) is 0 Å². The Morgan fingerprint density at radius 2 is 1.88 bits per heavy atom. The maximum Gasteiger partial charge on any atom is 0.336 e.